The van der Waals surface area contributed by atoms with Crippen molar-refractivity contribution in [2.45, 2.75) is 13.2 Å². The Labute approximate surface area is 138 Å². The minimum atomic E-state index is -0.217. The summed E-state index contributed by atoms with van der Waals surface area (Å²) in [5, 5.41) is 18.6. The molecule has 0 unspecified atom stereocenters. The van der Waals surface area contributed by atoms with E-state index in [4.69, 9.17) is 15.1 Å². The Balaban J connectivity index is 2.04. The summed E-state index contributed by atoms with van der Waals surface area (Å²) in [6.07, 6.45) is 1.67. The van der Waals surface area contributed by atoms with Crippen LogP contribution in [-0.2, 0) is 13.2 Å². The Kier molecular flexibility index (Phi) is 4.27. The maximum atomic E-state index is 12.7. The second-order valence-corrected chi connectivity index (χ2v) is 5.31. The van der Waals surface area contributed by atoms with E-state index >= 15 is 0 Å². The van der Waals surface area contributed by atoms with E-state index in [-0.39, 0.29) is 23.6 Å². The second kappa shape index (κ2) is 6.52. The van der Waals surface area contributed by atoms with Crippen molar-refractivity contribution in [3.63, 3.8) is 0 Å². The molecule has 1 aromatic carbocycles. The van der Waals surface area contributed by atoms with Crippen molar-refractivity contribution in [1.82, 2.24) is 9.55 Å². The van der Waals surface area contributed by atoms with Gasteiger partial charge in [0.1, 0.15) is 11.6 Å². The maximum Gasteiger partial charge on any atom is 0.260 e. The minimum Gasteiger partial charge on any atom is -0.480 e. The quantitative estimate of drug-likeness (QED) is 0.792. The molecule has 0 saturated carbocycles. The van der Waals surface area contributed by atoms with Gasteiger partial charge in [-0.05, 0) is 23.3 Å². The molecule has 0 radical (unpaired) electrons. The lowest BCUT2D eigenvalue weighted by atomic mass is 10.1. The summed E-state index contributed by atoms with van der Waals surface area (Å²) < 4.78 is 6.63. The summed E-state index contributed by atoms with van der Waals surface area (Å²) in [5.74, 6) is 0.210. The normalized spacial score (nSPS) is 10.5. The Hall–Kier alpha value is -3.17. The number of fused-ring (bicyclic) bond motifs is 1. The molecule has 2 heterocycles. The number of nitriles is 1. The van der Waals surface area contributed by atoms with Crippen LogP contribution in [0.15, 0.2) is 47.4 Å². The molecule has 3 rings (SSSR count). The largest absolute Gasteiger partial charge is 0.480 e. The van der Waals surface area contributed by atoms with Crippen molar-refractivity contribution in [3.8, 4) is 11.9 Å². The van der Waals surface area contributed by atoms with Crippen molar-refractivity contribution in [2.75, 3.05) is 7.11 Å². The fraction of sp³-hybridized carbons (Fsp3) is 0.167. The maximum absolute atomic E-state index is 12.7. The molecule has 0 bridgehead atoms. The van der Waals surface area contributed by atoms with Gasteiger partial charge in [0.25, 0.3) is 5.56 Å². The standard InChI is InChI=1S/C18H15N3O3/c1-24-17-14(9-19)8-15-16(20-17)6-7-21(18(15)23)10-12-2-4-13(11-22)5-3-12/h2-8,22H,10-11H2,1H3. The number of hydrogen-bond acceptors (Lipinski definition) is 5. The third kappa shape index (κ3) is 2.85. The third-order valence-electron chi connectivity index (χ3n) is 3.79. The molecule has 0 amide bonds. The van der Waals surface area contributed by atoms with Crippen LogP contribution in [0.5, 0.6) is 5.88 Å². The zero-order chi connectivity index (χ0) is 17.1. The average molecular weight is 321 g/mol. The van der Waals surface area contributed by atoms with Gasteiger partial charge in [0, 0.05) is 6.20 Å². The number of nitrogens with zero attached hydrogens (tertiary/aromatic N) is 3. The van der Waals surface area contributed by atoms with Crippen LogP contribution in [-0.4, -0.2) is 21.8 Å². The molecule has 1 N–H and O–H groups in total. The first-order valence-electron chi connectivity index (χ1n) is 7.33. The predicted octanol–water partition coefficient (Wildman–Crippen LogP) is 1.82. The van der Waals surface area contributed by atoms with Crippen LogP contribution in [0, 0.1) is 11.3 Å². The summed E-state index contributed by atoms with van der Waals surface area (Å²) >= 11 is 0. The van der Waals surface area contributed by atoms with E-state index in [1.165, 1.54) is 13.2 Å². The molecule has 0 aliphatic heterocycles. The van der Waals surface area contributed by atoms with Gasteiger partial charge in [-0.25, -0.2) is 4.98 Å². The number of aromatic nitrogens is 2. The van der Waals surface area contributed by atoms with Crippen LogP contribution in [0.2, 0.25) is 0 Å². The number of pyridine rings is 2. The van der Waals surface area contributed by atoms with E-state index in [0.29, 0.717) is 17.4 Å². The van der Waals surface area contributed by atoms with E-state index in [1.54, 1.807) is 16.8 Å². The van der Waals surface area contributed by atoms with Crippen molar-refractivity contribution in [1.29, 1.82) is 5.26 Å². The molecule has 0 aliphatic rings. The first kappa shape index (κ1) is 15.7. The molecule has 120 valence electrons. The number of aliphatic hydroxyl groups is 1. The molecule has 2 aromatic heterocycles. The zero-order valence-corrected chi connectivity index (χ0v) is 13.1. The highest BCUT2D eigenvalue weighted by Gasteiger charge is 2.11. The first-order chi connectivity index (χ1) is 11.7. The molecule has 0 aliphatic carbocycles. The van der Waals surface area contributed by atoms with Gasteiger partial charge >= 0.3 is 0 Å². The Morgan fingerprint density at radius 2 is 1.96 bits per heavy atom. The van der Waals surface area contributed by atoms with Gasteiger partial charge in [-0.3, -0.25) is 4.79 Å². The number of rotatable bonds is 4. The van der Waals surface area contributed by atoms with Crippen LogP contribution in [0.4, 0.5) is 0 Å². The highest BCUT2D eigenvalue weighted by Crippen LogP contribution is 2.19. The lowest BCUT2D eigenvalue weighted by molar-refractivity contribution is 0.282. The van der Waals surface area contributed by atoms with Crippen LogP contribution < -0.4 is 10.3 Å². The SMILES string of the molecule is COc1nc2ccn(Cc3ccc(CO)cc3)c(=O)c2cc1C#N. The van der Waals surface area contributed by atoms with Gasteiger partial charge in [0.15, 0.2) is 0 Å². The van der Waals surface area contributed by atoms with Crippen LogP contribution in [0.3, 0.4) is 0 Å². The van der Waals surface area contributed by atoms with Crippen molar-refractivity contribution < 1.29 is 9.84 Å². The van der Waals surface area contributed by atoms with E-state index in [9.17, 15) is 4.79 Å². The van der Waals surface area contributed by atoms with Gasteiger partial charge in [-0.15, -0.1) is 0 Å². The van der Waals surface area contributed by atoms with Gasteiger partial charge in [0.2, 0.25) is 5.88 Å². The number of ether oxygens (including phenoxy) is 1. The minimum absolute atomic E-state index is 0.0133. The molecule has 0 atom stereocenters. The highest BCUT2D eigenvalue weighted by atomic mass is 16.5. The average Bonchev–Trinajstić information content (AvgIpc) is 2.63. The summed E-state index contributed by atoms with van der Waals surface area (Å²) in [4.78, 5) is 16.9. The summed E-state index contributed by atoms with van der Waals surface area (Å²) in [7, 11) is 1.44. The van der Waals surface area contributed by atoms with Gasteiger partial charge in [0.05, 0.1) is 31.2 Å². The fourth-order valence-electron chi connectivity index (χ4n) is 2.50. The van der Waals surface area contributed by atoms with Crippen LogP contribution in [0.1, 0.15) is 16.7 Å². The monoisotopic (exact) mass is 321 g/mol. The van der Waals surface area contributed by atoms with E-state index in [2.05, 4.69) is 4.98 Å². The topological polar surface area (TPSA) is 88.1 Å². The Morgan fingerprint density at radius 3 is 2.58 bits per heavy atom. The van der Waals surface area contributed by atoms with Crippen LogP contribution >= 0.6 is 0 Å². The van der Waals surface area contributed by atoms with Gasteiger partial charge in [-0.2, -0.15) is 5.26 Å². The molecular weight excluding hydrogens is 306 g/mol. The molecule has 24 heavy (non-hydrogen) atoms. The van der Waals surface area contributed by atoms with E-state index in [0.717, 1.165) is 11.1 Å². The van der Waals surface area contributed by atoms with E-state index in [1.807, 2.05) is 30.3 Å². The molecular formula is C18H15N3O3. The van der Waals surface area contributed by atoms with Crippen molar-refractivity contribution >= 4 is 10.9 Å². The van der Waals surface area contributed by atoms with Crippen molar-refractivity contribution in [3.05, 3.63) is 69.6 Å². The number of benzene rings is 1. The number of methoxy groups -OCH3 is 1. The zero-order valence-electron chi connectivity index (χ0n) is 13.1. The van der Waals surface area contributed by atoms with Crippen molar-refractivity contribution in [2.24, 2.45) is 0 Å². The summed E-state index contributed by atoms with van der Waals surface area (Å²) in [6.45, 7) is 0.384. The molecule has 0 spiro atoms. The Bertz CT molecular complexity index is 985. The molecule has 6 nitrogen and oxygen atoms in total. The smallest absolute Gasteiger partial charge is 0.260 e. The van der Waals surface area contributed by atoms with Crippen LogP contribution in [0.25, 0.3) is 10.9 Å². The fourth-order valence-corrected chi connectivity index (χ4v) is 2.50. The predicted molar refractivity (Wildman–Crippen MR) is 88.7 cm³/mol. The van der Waals surface area contributed by atoms with Gasteiger partial charge in [-0.1, -0.05) is 24.3 Å². The third-order valence-corrected chi connectivity index (χ3v) is 3.79. The first-order valence-corrected chi connectivity index (χ1v) is 7.33. The number of aliphatic hydroxyl groups excluding tert-OH is 1. The number of hydrogen-bond donors (Lipinski definition) is 1. The Morgan fingerprint density at radius 1 is 1.25 bits per heavy atom. The van der Waals surface area contributed by atoms with Gasteiger partial charge < -0.3 is 14.4 Å². The summed E-state index contributed by atoms with van der Waals surface area (Å²) in [6, 6.07) is 12.6. The lowest BCUT2D eigenvalue weighted by Crippen LogP contribution is -2.20. The molecule has 0 saturated heterocycles. The summed E-state index contributed by atoms with van der Waals surface area (Å²) in [5.41, 5.74) is 2.26. The van der Waals surface area contributed by atoms with E-state index < -0.39 is 0 Å². The molecule has 6 heteroatoms. The molecule has 0 fully saturated rings. The second-order valence-electron chi connectivity index (χ2n) is 5.31. The lowest BCUT2D eigenvalue weighted by Gasteiger charge is -2.09. The molecule has 3 aromatic rings. The highest BCUT2D eigenvalue weighted by molar-refractivity contribution is 5.80.